The molecule has 3 nitrogen and oxygen atoms in total. The molecule has 1 rings (SSSR count). The number of hydrogen-bond acceptors (Lipinski definition) is 3. The van der Waals surface area contributed by atoms with E-state index in [9.17, 15) is 13.2 Å². The number of halogens is 3. The minimum Gasteiger partial charge on any atom is -0.281 e. The van der Waals surface area contributed by atoms with Gasteiger partial charge >= 0.3 is 6.36 Å². The van der Waals surface area contributed by atoms with Gasteiger partial charge in [-0.1, -0.05) is 0 Å². The summed E-state index contributed by atoms with van der Waals surface area (Å²) in [7, 11) is 0. The number of hydrazone groups is 1. The third-order valence-corrected chi connectivity index (χ3v) is 0.840. The molecular formula is C4H4F3N2O. The number of nitrogens with one attached hydrogen (secondary N) is 1. The highest BCUT2D eigenvalue weighted by molar-refractivity contribution is 5.59. The van der Waals surface area contributed by atoms with Crippen LogP contribution in [0.4, 0.5) is 13.2 Å². The summed E-state index contributed by atoms with van der Waals surface area (Å²) in [6.45, 7) is 0. The molecule has 0 fully saturated rings. The fourth-order valence-electron chi connectivity index (χ4n) is 0.521. The standard InChI is InChI=1S/C4H4F3N2O/c5-4(6,7)10-3-1-2-8-9-3/h3,9H,1H2. The summed E-state index contributed by atoms with van der Waals surface area (Å²) >= 11 is 0. The largest absolute Gasteiger partial charge is 0.524 e. The third-order valence-electron chi connectivity index (χ3n) is 0.840. The molecule has 1 atom stereocenters. The van der Waals surface area contributed by atoms with Gasteiger partial charge in [0.05, 0.1) is 6.21 Å². The van der Waals surface area contributed by atoms with Crippen molar-refractivity contribution < 1.29 is 17.9 Å². The highest BCUT2D eigenvalue weighted by Gasteiger charge is 2.34. The number of alkyl halides is 3. The predicted octanol–water partition coefficient (Wildman–Crippen LogP) is 0.705. The highest BCUT2D eigenvalue weighted by Crippen LogP contribution is 2.19. The summed E-state index contributed by atoms with van der Waals surface area (Å²) in [6, 6.07) is 0. The van der Waals surface area contributed by atoms with Crippen molar-refractivity contribution >= 4 is 6.21 Å². The van der Waals surface area contributed by atoms with Crippen LogP contribution in [0.15, 0.2) is 5.10 Å². The van der Waals surface area contributed by atoms with Crippen molar-refractivity contribution in [1.82, 2.24) is 5.43 Å². The molecule has 0 aromatic rings. The second-order valence-electron chi connectivity index (χ2n) is 1.66. The molecule has 1 unspecified atom stereocenters. The molecule has 0 amide bonds. The summed E-state index contributed by atoms with van der Waals surface area (Å²) in [5, 5.41) is 3.22. The van der Waals surface area contributed by atoms with E-state index >= 15 is 0 Å². The van der Waals surface area contributed by atoms with Gasteiger partial charge in [0, 0.05) is 6.42 Å². The van der Waals surface area contributed by atoms with Crippen LogP contribution in [-0.4, -0.2) is 18.8 Å². The SMILES string of the molecule is FC(F)(F)OC1C[C]=NN1. The van der Waals surface area contributed by atoms with Crippen molar-refractivity contribution in [2.24, 2.45) is 5.10 Å². The first-order chi connectivity index (χ1) is 4.58. The Morgan fingerprint density at radius 3 is 2.70 bits per heavy atom. The topological polar surface area (TPSA) is 33.6 Å². The summed E-state index contributed by atoms with van der Waals surface area (Å²) < 4.78 is 37.7. The van der Waals surface area contributed by atoms with Crippen LogP contribution in [0.1, 0.15) is 6.42 Å². The molecule has 0 saturated heterocycles. The van der Waals surface area contributed by atoms with E-state index in [1.165, 1.54) is 0 Å². The Hall–Kier alpha value is -0.780. The van der Waals surface area contributed by atoms with Crippen molar-refractivity contribution in [3.05, 3.63) is 0 Å². The first-order valence-electron chi connectivity index (χ1n) is 2.50. The van der Waals surface area contributed by atoms with Gasteiger partial charge in [0.25, 0.3) is 0 Å². The first kappa shape index (κ1) is 7.33. The van der Waals surface area contributed by atoms with Crippen LogP contribution in [0.5, 0.6) is 0 Å². The zero-order chi connectivity index (χ0) is 7.61. The Morgan fingerprint density at radius 1 is 1.60 bits per heavy atom. The van der Waals surface area contributed by atoms with Crippen molar-refractivity contribution in [3.8, 4) is 0 Å². The van der Waals surface area contributed by atoms with Crippen molar-refractivity contribution in [3.63, 3.8) is 0 Å². The second kappa shape index (κ2) is 2.45. The zero-order valence-electron chi connectivity index (χ0n) is 4.77. The van der Waals surface area contributed by atoms with Gasteiger partial charge in [-0.3, -0.25) is 10.2 Å². The lowest BCUT2D eigenvalue weighted by Crippen LogP contribution is -2.30. The van der Waals surface area contributed by atoms with E-state index in [1.54, 1.807) is 0 Å². The van der Waals surface area contributed by atoms with Crippen molar-refractivity contribution in [2.45, 2.75) is 19.0 Å². The molecule has 0 aliphatic carbocycles. The molecule has 1 aliphatic rings. The lowest BCUT2D eigenvalue weighted by atomic mass is 10.4. The number of ether oxygens (including phenoxy) is 1. The molecule has 0 bridgehead atoms. The van der Waals surface area contributed by atoms with Gasteiger partial charge in [0.15, 0.2) is 6.23 Å². The minimum atomic E-state index is -4.60. The van der Waals surface area contributed by atoms with E-state index in [2.05, 4.69) is 21.5 Å². The molecule has 0 spiro atoms. The minimum absolute atomic E-state index is 0.0273. The van der Waals surface area contributed by atoms with E-state index in [1.807, 2.05) is 0 Å². The number of nitrogens with zero attached hydrogens (tertiary/aromatic N) is 1. The molecule has 1 aliphatic heterocycles. The highest BCUT2D eigenvalue weighted by atomic mass is 19.4. The molecular weight excluding hydrogens is 149 g/mol. The van der Waals surface area contributed by atoms with E-state index in [-0.39, 0.29) is 6.42 Å². The van der Waals surface area contributed by atoms with Gasteiger partial charge < -0.3 is 0 Å². The van der Waals surface area contributed by atoms with Crippen LogP contribution in [-0.2, 0) is 4.74 Å². The normalized spacial score (nSPS) is 24.9. The van der Waals surface area contributed by atoms with Crippen LogP contribution in [0.25, 0.3) is 0 Å². The van der Waals surface area contributed by atoms with Gasteiger partial charge in [0.2, 0.25) is 0 Å². The van der Waals surface area contributed by atoms with Gasteiger partial charge in [0.1, 0.15) is 0 Å². The van der Waals surface area contributed by atoms with Crippen molar-refractivity contribution in [2.75, 3.05) is 0 Å². The number of rotatable bonds is 1. The molecule has 1 N–H and O–H groups in total. The molecule has 1 heterocycles. The smallest absolute Gasteiger partial charge is 0.281 e. The summed E-state index contributed by atoms with van der Waals surface area (Å²) in [5.41, 5.74) is 2.08. The van der Waals surface area contributed by atoms with Crippen LogP contribution in [0.3, 0.4) is 0 Å². The van der Waals surface area contributed by atoms with E-state index in [4.69, 9.17) is 0 Å². The second-order valence-corrected chi connectivity index (χ2v) is 1.66. The summed E-state index contributed by atoms with van der Waals surface area (Å²) in [5.74, 6) is 0. The average molecular weight is 153 g/mol. The average Bonchev–Trinajstić information content (AvgIpc) is 2.12. The fraction of sp³-hybridized carbons (Fsp3) is 0.750. The quantitative estimate of drug-likeness (QED) is 0.601. The maximum atomic E-state index is 11.4. The number of hydrogen-bond donors (Lipinski definition) is 1. The van der Waals surface area contributed by atoms with E-state index in [0.717, 1.165) is 0 Å². The predicted molar refractivity (Wildman–Crippen MR) is 26.1 cm³/mol. The van der Waals surface area contributed by atoms with E-state index < -0.39 is 12.6 Å². The Balaban J connectivity index is 2.26. The third kappa shape index (κ3) is 2.22. The van der Waals surface area contributed by atoms with Crippen LogP contribution in [0, 0.1) is 0 Å². The van der Waals surface area contributed by atoms with Crippen LogP contribution >= 0.6 is 0 Å². The molecule has 6 heteroatoms. The zero-order valence-corrected chi connectivity index (χ0v) is 4.77. The molecule has 0 aromatic heterocycles. The van der Waals surface area contributed by atoms with Crippen LogP contribution < -0.4 is 5.43 Å². The van der Waals surface area contributed by atoms with E-state index in [0.29, 0.717) is 0 Å². The lowest BCUT2D eigenvalue weighted by molar-refractivity contribution is -0.344. The molecule has 1 radical (unpaired) electrons. The Bertz CT molecular complexity index is 136. The molecule has 0 saturated carbocycles. The van der Waals surface area contributed by atoms with Crippen LogP contribution in [0.2, 0.25) is 0 Å². The van der Waals surface area contributed by atoms with Gasteiger partial charge in [-0.25, -0.2) is 0 Å². The lowest BCUT2D eigenvalue weighted by Gasteiger charge is -2.12. The van der Waals surface area contributed by atoms with Crippen molar-refractivity contribution in [1.29, 1.82) is 0 Å². The summed E-state index contributed by atoms with van der Waals surface area (Å²) in [4.78, 5) is 0. The maximum absolute atomic E-state index is 11.4. The summed E-state index contributed by atoms with van der Waals surface area (Å²) in [6.07, 6.45) is -3.38. The molecule has 57 valence electrons. The molecule has 10 heavy (non-hydrogen) atoms. The van der Waals surface area contributed by atoms with Gasteiger partial charge in [-0.2, -0.15) is 5.10 Å². The Morgan fingerprint density at radius 2 is 2.30 bits per heavy atom. The fourth-order valence-corrected chi connectivity index (χ4v) is 0.521. The Labute approximate surface area is 54.9 Å². The molecule has 0 aromatic carbocycles. The van der Waals surface area contributed by atoms with Gasteiger partial charge in [-0.15, -0.1) is 13.2 Å². The maximum Gasteiger partial charge on any atom is 0.524 e. The monoisotopic (exact) mass is 153 g/mol. The van der Waals surface area contributed by atoms with Gasteiger partial charge in [-0.05, 0) is 0 Å². The first-order valence-corrected chi connectivity index (χ1v) is 2.50. The Kier molecular flexibility index (Phi) is 1.80.